The number of methoxy groups -OCH3 is 4. The molecule has 0 radical (unpaired) electrons. The molecule has 230 valence electrons. The average Bonchev–Trinajstić information content (AvgIpc) is 3.28. The third kappa shape index (κ3) is 6.76. The molecule has 2 amide bonds. The van der Waals surface area contributed by atoms with Crippen LogP contribution in [0.1, 0.15) is 22.3 Å². The van der Waals surface area contributed by atoms with Crippen LogP contribution in [0.15, 0.2) is 47.4 Å². The monoisotopic (exact) mass is 644 g/mol. The molecular formula is C30H26F2N2O8S2. The number of aromatic carboxylic acids is 1. The molecule has 0 saturated carbocycles. The molecule has 14 heteroatoms. The van der Waals surface area contributed by atoms with Gasteiger partial charge in [0, 0.05) is 30.2 Å². The van der Waals surface area contributed by atoms with Gasteiger partial charge in [-0.1, -0.05) is 30.0 Å². The summed E-state index contributed by atoms with van der Waals surface area (Å²) in [6.45, 7) is -0.0501. The second-order valence-electron chi connectivity index (χ2n) is 9.12. The van der Waals surface area contributed by atoms with Gasteiger partial charge < -0.3 is 29.4 Å². The first-order valence-corrected chi connectivity index (χ1v) is 14.0. The van der Waals surface area contributed by atoms with E-state index in [1.54, 1.807) is 18.2 Å². The first-order valence-electron chi connectivity index (χ1n) is 12.8. The Morgan fingerprint density at radius 2 is 1.57 bits per heavy atom. The molecule has 0 bridgehead atoms. The molecular weight excluding hydrogens is 618 g/mol. The zero-order chi connectivity index (χ0) is 32.1. The summed E-state index contributed by atoms with van der Waals surface area (Å²) in [4.78, 5) is 39.1. The smallest absolute Gasteiger partial charge is 0.335 e. The van der Waals surface area contributed by atoms with Gasteiger partial charge in [-0.2, -0.15) is 0 Å². The number of amides is 2. The maximum atomic E-state index is 14.0. The number of benzene rings is 3. The number of rotatable bonds is 11. The molecule has 10 nitrogen and oxygen atoms in total. The zero-order valence-corrected chi connectivity index (χ0v) is 25.5. The summed E-state index contributed by atoms with van der Waals surface area (Å²) in [5, 5.41) is 12.0. The summed E-state index contributed by atoms with van der Waals surface area (Å²) in [7, 11) is 5.51. The van der Waals surface area contributed by atoms with Crippen molar-refractivity contribution in [2.45, 2.75) is 6.42 Å². The van der Waals surface area contributed by atoms with Gasteiger partial charge in [-0.05, 0) is 42.0 Å². The Balaban J connectivity index is 1.55. The Kier molecular flexibility index (Phi) is 10.1. The molecule has 0 spiro atoms. The summed E-state index contributed by atoms with van der Waals surface area (Å²) in [5.74, 6) is -3.30. The van der Waals surface area contributed by atoms with E-state index in [0.717, 1.165) is 23.9 Å². The minimum atomic E-state index is -1.20. The minimum absolute atomic E-state index is 0.0501. The maximum Gasteiger partial charge on any atom is 0.335 e. The standard InChI is InChI=1S/C30H26F2N2O8S2/c1-39-21-14-22(40-2)18(15-5-6-19(31)20(32)10-15)9-16(21)13-25-28(36)34(30(43)44-25)8-7-26(35)33-27-23(41-3)11-17(29(37)38)12-24(27)42-4/h5-6,9-14H,7-8H2,1-4H3,(H,33,35)(H,37,38). The van der Waals surface area contributed by atoms with Crippen molar-refractivity contribution in [1.29, 1.82) is 0 Å². The van der Waals surface area contributed by atoms with E-state index in [1.807, 2.05) is 0 Å². The van der Waals surface area contributed by atoms with Gasteiger partial charge in [0.2, 0.25) is 5.91 Å². The molecule has 0 unspecified atom stereocenters. The summed E-state index contributed by atoms with van der Waals surface area (Å²) in [6.07, 6.45) is 1.40. The molecule has 0 aromatic heterocycles. The number of anilines is 1. The van der Waals surface area contributed by atoms with Crippen LogP contribution >= 0.6 is 24.0 Å². The van der Waals surface area contributed by atoms with Crippen molar-refractivity contribution in [2.75, 3.05) is 40.3 Å². The van der Waals surface area contributed by atoms with Crippen molar-refractivity contribution >= 4 is 57.8 Å². The summed E-state index contributed by atoms with van der Waals surface area (Å²) in [6, 6.07) is 9.15. The highest BCUT2D eigenvalue weighted by Gasteiger charge is 2.33. The van der Waals surface area contributed by atoms with E-state index >= 15 is 0 Å². The van der Waals surface area contributed by atoms with E-state index in [1.165, 1.54) is 51.5 Å². The van der Waals surface area contributed by atoms with E-state index in [0.29, 0.717) is 28.2 Å². The number of nitrogens with one attached hydrogen (secondary N) is 1. The van der Waals surface area contributed by atoms with Gasteiger partial charge in [0.25, 0.3) is 5.91 Å². The number of carbonyl (C=O) groups is 3. The number of thioether (sulfide) groups is 1. The molecule has 1 heterocycles. The highest BCUT2D eigenvalue weighted by atomic mass is 32.2. The summed E-state index contributed by atoms with van der Waals surface area (Å²) < 4.78 is 49.2. The largest absolute Gasteiger partial charge is 0.496 e. The number of halogens is 2. The fraction of sp³-hybridized carbons (Fsp3) is 0.200. The molecule has 3 aromatic carbocycles. The highest BCUT2D eigenvalue weighted by Crippen LogP contribution is 2.40. The molecule has 1 saturated heterocycles. The van der Waals surface area contributed by atoms with E-state index < -0.39 is 29.4 Å². The van der Waals surface area contributed by atoms with Crippen LogP contribution in [0.5, 0.6) is 23.0 Å². The molecule has 3 aromatic rings. The first-order chi connectivity index (χ1) is 21.0. The van der Waals surface area contributed by atoms with Crippen LogP contribution in [0, 0.1) is 11.6 Å². The maximum absolute atomic E-state index is 14.0. The predicted molar refractivity (Wildman–Crippen MR) is 165 cm³/mol. The Labute approximate surface area is 260 Å². The Bertz CT molecular complexity index is 1670. The van der Waals surface area contributed by atoms with Crippen molar-refractivity contribution < 1.29 is 47.2 Å². The molecule has 1 fully saturated rings. The Morgan fingerprint density at radius 1 is 0.932 bits per heavy atom. The zero-order valence-electron chi connectivity index (χ0n) is 23.9. The summed E-state index contributed by atoms with van der Waals surface area (Å²) >= 11 is 6.44. The lowest BCUT2D eigenvalue weighted by Gasteiger charge is -2.17. The summed E-state index contributed by atoms with van der Waals surface area (Å²) in [5.41, 5.74) is 1.29. The lowest BCUT2D eigenvalue weighted by molar-refractivity contribution is -0.122. The van der Waals surface area contributed by atoms with Crippen LogP contribution in [0.4, 0.5) is 14.5 Å². The number of carbonyl (C=O) groups excluding carboxylic acids is 2. The fourth-order valence-electron chi connectivity index (χ4n) is 4.33. The quantitative estimate of drug-likeness (QED) is 0.202. The molecule has 4 rings (SSSR count). The number of hydrogen-bond acceptors (Lipinski definition) is 9. The average molecular weight is 645 g/mol. The second-order valence-corrected chi connectivity index (χ2v) is 10.8. The van der Waals surface area contributed by atoms with Gasteiger partial charge in [-0.15, -0.1) is 0 Å². The molecule has 0 atom stereocenters. The van der Waals surface area contributed by atoms with Gasteiger partial charge in [0.05, 0.1) is 38.9 Å². The van der Waals surface area contributed by atoms with Gasteiger partial charge in [0.15, 0.2) is 11.6 Å². The van der Waals surface area contributed by atoms with E-state index in [9.17, 15) is 28.3 Å². The first kappa shape index (κ1) is 32.2. The lowest BCUT2D eigenvalue weighted by Crippen LogP contribution is -2.31. The van der Waals surface area contributed by atoms with Crippen molar-refractivity contribution in [3.05, 3.63) is 70.1 Å². The van der Waals surface area contributed by atoms with Crippen LogP contribution < -0.4 is 24.3 Å². The fourth-order valence-corrected chi connectivity index (χ4v) is 5.63. The Hall–Kier alpha value is -4.69. The molecule has 1 aliphatic rings. The van der Waals surface area contributed by atoms with Crippen molar-refractivity contribution in [1.82, 2.24) is 4.90 Å². The van der Waals surface area contributed by atoms with Crippen LogP contribution in [-0.2, 0) is 9.59 Å². The van der Waals surface area contributed by atoms with Gasteiger partial charge in [-0.25, -0.2) is 13.6 Å². The number of nitrogens with zero attached hydrogens (tertiary/aromatic N) is 1. The third-order valence-corrected chi connectivity index (χ3v) is 7.90. The van der Waals surface area contributed by atoms with Gasteiger partial charge >= 0.3 is 5.97 Å². The van der Waals surface area contributed by atoms with Crippen LogP contribution in [0.3, 0.4) is 0 Å². The highest BCUT2D eigenvalue weighted by molar-refractivity contribution is 8.26. The van der Waals surface area contributed by atoms with Crippen molar-refractivity contribution in [3.8, 4) is 34.1 Å². The minimum Gasteiger partial charge on any atom is -0.496 e. The predicted octanol–water partition coefficient (Wildman–Crippen LogP) is 5.59. The van der Waals surface area contributed by atoms with E-state index in [2.05, 4.69) is 5.32 Å². The third-order valence-electron chi connectivity index (χ3n) is 6.52. The van der Waals surface area contributed by atoms with Crippen molar-refractivity contribution in [2.24, 2.45) is 0 Å². The van der Waals surface area contributed by atoms with Crippen LogP contribution in [-0.4, -0.2) is 67.1 Å². The number of carboxylic acid groups (broad SMARTS) is 1. The number of hydrogen-bond donors (Lipinski definition) is 2. The van der Waals surface area contributed by atoms with Gasteiger partial charge in [-0.3, -0.25) is 14.5 Å². The van der Waals surface area contributed by atoms with E-state index in [4.69, 9.17) is 31.2 Å². The topological polar surface area (TPSA) is 124 Å². The second kappa shape index (κ2) is 13.7. The normalized spacial score (nSPS) is 13.7. The lowest BCUT2D eigenvalue weighted by atomic mass is 10.0. The molecule has 2 N–H and O–H groups in total. The van der Waals surface area contributed by atoms with E-state index in [-0.39, 0.29) is 44.9 Å². The van der Waals surface area contributed by atoms with Crippen molar-refractivity contribution in [3.63, 3.8) is 0 Å². The Morgan fingerprint density at radius 3 is 2.14 bits per heavy atom. The molecule has 44 heavy (non-hydrogen) atoms. The number of ether oxygens (including phenoxy) is 4. The SMILES string of the molecule is COc1cc(OC)c(-c2ccc(F)c(F)c2)cc1C=C1SC(=S)N(CCC(=O)Nc2c(OC)cc(C(=O)O)cc2OC)C1=O. The van der Waals surface area contributed by atoms with Crippen LogP contribution in [0.25, 0.3) is 17.2 Å². The molecule has 0 aliphatic carbocycles. The molecule has 1 aliphatic heterocycles. The van der Waals surface area contributed by atoms with Gasteiger partial charge in [0.1, 0.15) is 33.0 Å². The number of thiocarbonyl (C=S) groups is 1. The van der Waals surface area contributed by atoms with Crippen LogP contribution in [0.2, 0.25) is 0 Å². The number of carboxylic acids is 1.